The molecule has 0 bridgehead atoms. The largest absolute Gasteiger partial charge is 0.482 e. The Bertz CT molecular complexity index is 883. The average Bonchev–Trinajstić information content (AvgIpc) is 3.08. The Balaban J connectivity index is -0.000000117. The molecule has 0 amide bonds. The maximum Gasteiger partial charge on any atom is 0.131 e. The van der Waals surface area contributed by atoms with E-state index in [-0.39, 0.29) is 5.60 Å². The van der Waals surface area contributed by atoms with Gasteiger partial charge in [0.1, 0.15) is 11.4 Å². The van der Waals surface area contributed by atoms with E-state index in [1.54, 1.807) is 0 Å². The topological polar surface area (TPSA) is 9.23 Å². The zero-order valence-electron chi connectivity index (χ0n) is 34.9. The lowest BCUT2D eigenvalue weighted by Crippen LogP contribution is -2.32. The molecule has 1 aliphatic heterocycles. The van der Waals surface area contributed by atoms with Crippen molar-refractivity contribution in [3.63, 3.8) is 0 Å². The molecule has 3 rings (SSSR count). The van der Waals surface area contributed by atoms with Gasteiger partial charge in [-0.2, -0.15) is 0 Å². The van der Waals surface area contributed by atoms with Gasteiger partial charge in [0.05, 0.1) is 0 Å². The van der Waals surface area contributed by atoms with Crippen molar-refractivity contribution in [3.8, 4) is 16.9 Å². The van der Waals surface area contributed by atoms with Gasteiger partial charge in [-0.15, -0.1) is 0 Å². The first-order valence-electron chi connectivity index (χ1n) is 17.9. The first-order valence-corrected chi connectivity index (χ1v) is 17.9. The van der Waals surface area contributed by atoms with Gasteiger partial charge in [0.25, 0.3) is 0 Å². The van der Waals surface area contributed by atoms with Crippen LogP contribution in [0.3, 0.4) is 0 Å². The van der Waals surface area contributed by atoms with Crippen LogP contribution in [0.15, 0.2) is 0 Å². The smallest absolute Gasteiger partial charge is 0.131 e. The number of benzene rings is 2. The Kier molecular flexibility index (Phi) is 45.0. The fraction of sp³-hybridized carbons (Fsp3) is 0.707. The average molecular weight is 593 g/mol. The van der Waals surface area contributed by atoms with Gasteiger partial charge in [0.15, 0.2) is 0 Å². The third-order valence-corrected chi connectivity index (χ3v) is 6.53. The van der Waals surface area contributed by atoms with E-state index >= 15 is 0 Å². The molecular weight excluding hydrogens is 508 g/mol. The Hall–Kier alpha value is -1.76. The van der Waals surface area contributed by atoms with E-state index in [1.807, 2.05) is 125 Å². The van der Waals surface area contributed by atoms with Gasteiger partial charge in [0.2, 0.25) is 0 Å². The van der Waals surface area contributed by atoms with Crippen LogP contribution in [0.4, 0.5) is 0 Å². The van der Waals surface area contributed by atoms with Crippen LogP contribution in [0.2, 0.25) is 0 Å². The highest BCUT2D eigenvalue weighted by atomic mass is 16.5. The van der Waals surface area contributed by atoms with Crippen molar-refractivity contribution >= 4 is 0 Å². The molecule has 0 radical (unpaired) electrons. The Morgan fingerprint density at radius 1 is 0.310 bits per heavy atom. The van der Waals surface area contributed by atoms with Crippen molar-refractivity contribution in [2.75, 3.05) is 0 Å². The minimum absolute atomic E-state index is 0.311. The minimum atomic E-state index is -0.311. The number of hydrogen-bond acceptors (Lipinski definition) is 1. The van der Waals surface area contributed by atoms with E-state index in [0.717, 1.165) is 5.75 Å². The minimum Gasteiger partial charge on any atom is -0.482 e. The summed E-state index contributed by atoms with van der Waals surface area (Å²) < 4.78 is 6.62. The third kappa shape index (κ3) is 14.1. The standard InChI is InChI=1S/C23H30O.9C2H6/c1-11-13(3)17(7)21-19(15(11)5)20-16(6)12(2)14(4)18(8)22(20)24-23(21,9)10;9*1-2/h1-10H3;9*1-2H3. The quantitative estimate of drug-likeness (QED) is 0.295. The van der Waals surface area contributed by atoms with Crippen molar-refractivity contribution in [2.24, 2.45) is 0 Å². The van der Waals surface area contributed by atoms with Crippen LogP contribution in [0.25, 0.3) is 11.1 Å². The predicted octanol–water partition coefficient (Wildman–Crippen LogP) is 15.7. The van der Waals surface area contributed by atoms with Crippen LogP contribution in [0.5, 0.6) is 5.75 Å². The van der Waals surface area contributed by atoms with E-state index in [1.165, 1.54) is 61.2 Å². The lowest BCUT2D eigenvalue weighted by molar-refractivity contribution is 0.103. The maximum atomic E-state index is 6.62. The summed E-state index contributed by atoms with van der Waals surface area (Å²) in [5.41, 5.74) is 14.7. The van der Waals surface area contributed by atoms with Gasteiger partial charge < -0.3 is 4.74 Å². The van der Waals surface area contributed by atoms with Gasteiger partial charge in [-0.05, 0) is 119 Å². The molecule has 0 fully saturated rings. The lowest BCUT2D eigenvalue weighted by Gasteiger charge is -2.40. The molecule has 0 spiro atoms. The zero-order chi connectivity index (χ0) is 36.1. The van der Waals surface area contributed by atoms with Crippen molar-refractivity contribution in [1.82, 2.24) is 0 Å². The van der Waals surface area contributed by atoms with Crippen LogP contribution < -0.4 is 4.74 Å². The van der Waals surface area contributed by atoms with Crippen LogP contribution in [0, 0.1) is 55.4 Å². The molecule has 2 aromatic rings. The van der Waals surface area contributed by atoms with Crippen LogP contribution in [-0.2, 0) is 5.60 Å². The maximum absolute atomic E-state index is 6.62. The molecule has 1 aliphatic rings. The molecule has 0 saturated carbocycles. The van der Waals surface area contributed by atoms with Gasteiger partial charge in [-0.3, -0.25) is 0 Å². The summed E-state index contributed by atoms with van der Waals surface area (Å²) >= 11 is 0. The summed E-state index contributed by atoms with van der Waals surface area (Å²) in [6.07, 6.45) is 0. The molecule has 254 valence electrons. The van der Waals surface area contributed by atoms with E-state index < -0.39 is 0 Å². The van der Waals surface area contributed by atoms with Gasteiger partial charge in [0, 0.05) is 11.1 Å². The molecule has 0 saturated heterocycles. The number of fused-ring (bicyclic) bond motifs is 3. The molecule has 42 heavy (non-hydrogen) atoms. The van der Waals surface area contributed by atoms with Crippen LogP contribution in [0.1, 0.15) is 189 Å². The Labute approximate surface area is 270 Å². The fourth-order valence-corrected chi connectivity index (χ4v) is 4.39. The highest BCUT2D eigenvalue weighted by molar-refractivity contribution is 5.86. The second-order valence-electron chi connectivity index (χ2n) is 8.07. The summed E-state index contributed by atoms with van der Waals surface area (Å²) in [6, 6.07) is 0. The van der Waals surface area contributed by atoms with E-state index in [4.69, 9.17) is 4.74 Å². The second kappa shape index (κ2) is 33.7. The van der Waals surface area contributed by atoms with Crippen molar-refractivity contribution < 1.29 is 4.74 Å². The lowest BCUT2D eigenvalue weighted by atomic mass is 9.75. The first kappa shape index (κ1) is 56.1. The van der Waals surface area contributed by atoms with E-state index in [0.29, 0.717) is 0 Å². The normalized spacial score (nSPS) is 9.81. The second-order valence-corrected chi connectivity index (χ2v) is 8.07. The monoisotopic (exact) mass is 593 g/mol. The van der Waals surface area contributed by atoms with Gasteiger partial charge >= 0.3 is 0 Å². The van der Waals surface area contributed by atoms with E-state index in [9.17, 15) is 0 Å². The molecule has 0 aliphatic carbocycles. The first-order chi connectivity index (χ1) is 20.0. The van der Waals surface area contributed by atoms with Crippen molar-refractivity contribution in [2.45, 2.75) is 199 Å². The highest BCUT2D eigenvalue weighted by Crippen LogP contribution is 2.53. The Morgan fingerprint density at radius 3 is 0.857 bits per heavy atom. The van der Waals surface area contributed by atoms with Crippen molar-refractivity contribution in [3.05, 3.63) is 50.1 Å². The fourth-order valence-electron chi connectivity index (χ4n) is 4.39. The molecule has 1 nitrogen and oxygen atoms in total. The van der Waals surface area contributed by atoms with Crippen molar-refractivity contribution in [1.29, 1.82) is 0 Å². The molecular formula is C41H84O. The molecule has 1 heterocycles. The summed E-state index contributed by atoms with van der Waals surface area (Å²) in [7, 11) is 0. The van der Waals surface area contributed by atoms with Gasteiger partial charge in [-0.1, -0.05) is 125 Å². The summed E-state index contributed by atoms with van der Waals surface area (Å²) in [5, 5.41) is 0. The van der Waals surface area contributed by atoms with Gasteiger partial charge in [-0.25, -0.2) is 0 Å². The van der Waals surface area contributed by atoms with E-state index in [2.05, 4.69) is 69.2 Å². The SMILES string of the molecule is CC.CC.CC.CC.CC.CC.CC.CC.CC.Cc1c(C)c(C)c2c(c1C)OC(C)(C)c1c(C)c(C)c(C)c(C)c1-2. The summed E-state index contributed by atoms with van der Waals surface area (Å²) in [6.45, 7) is 58.3. The molecule has 0 N–H and O–H groups in total. The molecule has 1 heteroatoms. The number of hydrogen-bond donors (Lipinski definition) is 0. The summed E-state index contributed by atoms with van der Waals surface area (Å²) in [5.74, 6) is 1.08. The number of ether oxygens (including phenoxy) is 1. The molecule has 2 aromatic carbocycles. The molecule has 0 aromatic heterocycles. The van der Waals surface area contributed by atoms with Crippen LogP contribution in [-0.4, -0.2) is 0 Å². The zero-order valence-corrected chi connectivity index (χ0v) is 34.9. The van der Waals surface area contributed by atoms with Crippen LogP contribution >= 0.6 is 0 Å². The Morgan fingerprint density at radius 2 is 0.548 bits per heavy atom. The highest BCUT2D eigenvalue weighted by Gasteiger charge is 2.38. The summed E-state index contributed by atoms with van der Waals surface area (Å²) in [4.78, 5) is 0. The molecule has 0 atom stereocenters. The predicted molar refractivity (Wildman–Crippen MR) is 206 cm³/mol. The number of rotatable bonds is 0. The third-order valence-electron chi connectivity index (χ3n) is 6.53. The molecule has 0 unspecified atom stereocenters.